The predicted octanol–water partition coefficient (Wildman–Crippen LogP) is 2.69. The SMILES string of the molecule is CC(C[N+]1(C2CCCCC2)CCCCC1)OC(=O)c1ccccc1C(C)C.[Br-]. The number of halogens is 1. The van der Waals surface area contributed by atoms with Gasteiger partial charge in [0.05, 0.1) is 24.7 Å². The largest absolute Gasteiger partial charge is 1.00 e. The fourth-order valence-electron chi connectivity index (χ4n) is 5.45. The van der Waals surface area contributed by atoms with Gasteiger partial charge >= 0.3 is 5.97 Å². The second-order valence-electron chi connectivity index (χ2n) is 9.16. The molecule has 1 atom stereocenters. The van der Waals surface area contributed by atoms with Crippen molar-refractivity contribution in [3.05, 3.63) is 35.4 Å². The average molecular weight is 452 g/mol. The minimum Gasteiger partial charge on any atom is -1.00 e. The zero-order chi connectivity index (χ0) is 19.3. The Labute approximate surface area is 182 Å². The summed E-state index contributed by atoms with van der Waals surface area (Å²) in [7, 11) is 0. The van der Waals surface area contributed by atoms with Gasteiger partial charge in [-0.15, -0.1) is 0 Å². The van der Waals surface area contributed by atoms with E-state index < -0.39 is 0 Å². The molecule has 28 heavy (non-hydrogen) atoms. The summed E-state index contributed by atoms with van der Waals surface area (Å²) in [5.74, 6) is 0.178. The highest BCUT2D eigenvalue weighted by molar-refractivity contribution is 5.91. The molecule has 2 fully saturated rings. The molecule has 0 N–H and O–H groups in total. The number of nitrogens with zero attached hydrogens (tertiary/aromatic N) is 1. The number of carbonyl (C=O) groups excluding carboxylic acids is 1. The molecule has 1 aromatic carbocycles. The van der Waals surface area contributed by atoms with Crippen LogP contribution in [-0.2, 0) is 4.74 Å². The van der Waals surface area contributed by atoms with E-state index in [1.165, 1.54) is 68.9 Å². The van der Waals surface area contributed by atoms with Gasteiger partial charge in [-0.05, 0) is 69.4 Å². The minimum absolute atomic E-state index is 0. The molecule has 2 aliphatic rings. The van der Waals surface area contributed by atoms with Crippen molar-refractivity contribution in [2.45, 2.75) is 90.2 Å². The summed E-state index contributed by atoms with van der Waals surface area (Å²) < 4.78 is 7.19. The molecule has 1 aliphatic heterocycles. The van der Waals surface area contributed by atoms with E-state index in [1.54, 1.807) is 0 Å². The highest BCUT2D eigenvalue weighted by Crippen LogP contribution is 2.33. The number of likely N-dealkylation sites (tertiary alicyclic amines) is 1. The van der Waals surface area contributed by atoms with Crippen LogP contribution in [0.2, 0.25) is 0 Å². The number of hydrogen-bond acceptors (Lipinski definition) is 2. The van der Waals surface area contributed by atoms with Gasteiger partial charge in [-0.2, -0.15) is 0 Å². The van der Waals surface area contributed by atoms with E-state index >= 15 is 0 Å². The molecule has 1 aliphatic carbocycles. The van der Waals surface area contributed by atoms with Crippen LogP contribution in [0.25, 0.3) is 0 Å². The second kappa shape index (κ2) is 10.8. The summed E-state index contributed by atoms with van der Waals surface area (Å²) in [6, 6.07) is 8.69. The molecule has 4 heteroatoms. The van der Waals surface area contributed by atoms with Gasteiger partial charge in [0, 0.05) is 0 Å². The number of benzene rings is 1. The first-order valence-corrected chi connectivity index (χ1v) is 11.2. The lowest BCUT2D eigenvalue weighted by molar-refractivity contribution is -0.958. The number of quaternary nitrogens is 1. The van der Waals surface area contributed by atoms with E-state index in [0.717, 1.165) is 23.7 Å². The van der Waals surface area contributed by atoms with Crippen LogP contribution in [-0.4, -0.2) is 42.2 Å². The van der Waals surface area contributed by atoms with Crippen LogP contribution in [0, 0.1) is 0 Å². The van der Waals surface area contributed by atoms with Gasteiger partial charge in [0.15, 0.2) is 0 Å². The molecule has 1 aromatic rings. The third-order valence-electron chi connectivity index (χ3n) is 6.79. The molecular weight excluding hydrogens is 414 g/mol. The lowest BCUT2D eigenvalue weighted by Gasteiger charge is -2.49. The van der Waals surface area contributed by atoms with Crippen LogP contribution < -0.4 is 17.0 Å². The van der Waals surface area contributed by atoms with E-state index in [2.05, 4.69) is 20.8 Å². The van der Waals surface area contributed by atoms with Gasteiger partial charge in [0.1, 0.15) is 12.6 Å². The highest BCUT2D eigenvalue weighted by atomic mass is 79.9. The van der Waals surface area contributed by atoms with Crippen molar-refractivity contribution in [2.75, 3.05) is 19.6 Å². The van der Waals surface area contributed by atoms with Crippen molar-refractivity contribution in [1.29, 1.82) is 0 Å². The first kappa shape index (κ1) is 23.4. The monoisotopic (exact) mass is 451 g/mol. The summed E-state index contributed by atoms with van der Waals surface area (Å²) in [4.78, 5) is 12.9. The topological polar surface area (TPSA) is 26.3 Å². The molecular formula is C24H38BrNO2. The highest BCUT2D eigenvalue weighted by Gasteiger charge is 2.40. The van der Waals surface area contributed by atoms with E-state index in [9.17, 15) is 4.79 Å². The van der Waals surface area contributed by atoms with Crippen molar-refractivity contribution in [3.63, 3.8) is 0 Å². The lowest BCUT2D eigenvalue weighted by atomic mass is 9.89. The molecule has 0 spiro atoms. The number of piperidine rings is 1. The number of ether oxygens (including phenoxy) is 1. The Balaban J connectivity index is 0.00000280. The maximum Gasteiger partial charge on any atom is 0.338 e. The van der Waals surface area contributed by atoms with Crippen molar-refractivity contribution in [3.8, 4) is 0 Å². The maximum atomic E-state index is 12.9. The summed E-state index contributed by atoms with van der Waals surface area (Å²) in [5.41, 5.74) is 1.83. The first-order valence-electron chi connectivity index (χ1n) is 11.2. The number of carbonyl (C=O) groups is 1. The molecule has 0 bridgehead atoms. The number of hydrogen-bond donors (Lipinski definition) is 0. The molecule has 3 nitrogen and oxygen atoms in total. The minimum atomic E-state index is -0.148. The zero-order valence-corrected chi connectivity index (χ0v) is 19.5. The Morgan fingerprint density at radius 3 is 2.25 bits per heavy atom. The third kappa shape index (κ3) is 5.60. The Morgan fingerprint density at radius 2 is 1.61 bits per heavy atom. The molecule has 1 saturated heterocycles. The van der Waals surface area contributed by atoms with Crippen molar-refractivity contribution < 1.29 is 31.0 Å². The number of esters is 1. The van der Waals surface area contributed by atoms with E-state index in [1.807, 2.05) is 24.3 Å². The fourth-order valence-corrected chi connectivity index (χ4v) is 5.45. The molecule has 158 valence electrons. The van der Waals surface area contributed by atoms with Gasteiger partial charge in [-0.3, -0.25) is 0 Å². The van der Waals surface area contributed by atoms with Gasteiger partial charge in [-0.1, -0.05) is 38.5 Å². The second-order valence-corrected chi connectivity index (χ2v) is 9.16. The smallest absolute Gasteiger partial charge is 0.338 e. The Bertz CT molecular complexity index is 619. The predicted molar refractivity (Wildman–Crippen MR) is 111 cm³/mol. The van der Waals surface area contributed by atoms with Crippen molar-refractivity contribution in [1.82, 2.24) is 0 Å². The Kier molecular flexibility index (Phi) is 9.01. The zero-order valence-electron chi connectivity index (χ0n) is 18.0. The lowest BCUT2D eigenvalue weighted by Crippen LogP contribution is -3.00. The molecule has 0 aromatic heterocycles. The Hall–Kier alpha value is -0.870. The van der Waals surface area contributed by atoms with Gasteiger partial charge in [0.2, 0.25) is 0 Å². The van der Waals surface area contributed by atoms with Crippen LogP contribution in [0.5, 0.6) is 0 Å². The molecule has 0 radical (unpaired) electrons. The average Bonchev–Trinajstić information content (AvgIpc) is 2.69. The molecule has 0 amide bonds. The first-order chi connectivity index (χ1) is 13.0. The molecule has 1 unspecified atom stereocenters. The normalized spacial score (nSPS) is 21.0. The van der Waals surface area contributed by atoms with Crippen LogP contribution in [0.15, 0.2) is 24.3 Å². The molecule has 1 saturated carbocycles. The molecule has 3 rings (SSSR count). The summed E-state index contributed by atoms with van der Waals surface area (Å²) in [6.07, 6.45) is 10.9. The van der Waals surface area contributed by atoms with Crippen LogP contribution in [0.1, 0.15) is 94.0 Å². The van der Waals surface area contributed by atoms with Gasteiger partial charge < -0.3 is 26.2 Å². The van der Waals surface area contributed by atoms with Crippen molar-refractivity contribution in [2.24, 2.45) is 0 Å². The summed E-state index contributed by atoms with van der Waals surface area (Å²) in [5, 5.41) is 0. The van der Waals surface area contributed by atoms with Gasteiger partial charge in [0.25, 0.3) is 0 Å². The fraction of sp³-hybridized carbons (Fsp3) is 0.708. The van der Waals surface area contributed by atoms with Crippen LogP contribution in [0.3, 0.4) is 0 Å². The van der Waals surface area contributed by atoms with Crippen LogP contribution in [0.4, 0.5) is 0 Å². The van der Waals surface area contributed by atoms with E-state index in [4.69, 9.17) is 4.74 Å². The Morgan fingerprint density at radius 1 is 1.00 bits per heavy atom. The van der Waals surface area contributed by atoms with Crippen LogP contribution >= 0.6 is 0 Å². The maximum absolute atomic E-state index is 12.9. The van der Waals surface area contributed by atoms with E-state index in [-0.39, 0.29) is 29.1 Å². The standard InChI is InChI=1S/C24H38NO2.BrH/c1-19(2)22-14-8-9-15-23(22)24(26)27-20(3)18-25(16-10-5-11-17-25)21-12-6-4-7-13-21;/h8-9,14-15,19-21H,4-7,10-13,16-18H2,1-3H3;1H/q+1;/p-1. The van der Waals surface area contributed by atoms with Crippen molar-refractivity contribution >= 4 is 5.97 Å². The number of rotatable bonds is 6. The third-order valence-corrected chi connectivity index (χ3v) is 6.79. The summed E-state index contributed by atoms with van der Waals surface area (Å²) >= 11 is 0. The van der Waals surface area contributed by atoms with E-state index in [0.29, 0.717) is 5.92 Å². The quantitative estimate of drug-likeness (QED) is 0.490. The molecule has 1 heterocycles. The van der Waals surface area contributed by atoms with Gasteiger partial charge in [-0.25, -0.2) is 4.79 Å². The summed E-state index contributed by atoms with van der Waals surface area (Å²) in [6.45, 7) is 9.90.